The van der Waals surface area contributed by atoms with E-state index in [1.165, 1.54) is 12.8 Å². The summed E-state index contributed by atoms with van der Waals surface area (Å²) in [4.78, 5) is 27.0. The number of anilines is 2. The first-order chi connectivity index (χ1) is 14.6. The maximum Gasteiger partial charge on any atom is 0.317 e. The van der Waals surface area contributed by atoms with Gasteiger partial charge in [0.05, 0.1) is 11.4 Å². The van der Waals surface area contributed by atoms with Crippen LogP contribution in [0.25, 0.3) is 0 Å². The normalized spacial score (nSPS) is 13.8. The Morgan fingerprint density at radius 3 is 2.43 bits per heavy atom. The molecule has 160 valence electrons. The number of likely N-dealkylation sites (N-methyl/N-ethyl adjacent to an activating group) is 1. The lowest BCUT2D eigenvalue weighted by molar-refractivity contribution is 0.102. The van der Waals surface area contributed by atoms with Crippen molar-refractivity contribution in [3.63, 3.8) is 0 Å². The predicted octanol–water partition coefficient (Wildman–Crippen LogP) is 3.19. The number of nitrogen functional groups attached to an aromatic ring is 1. The minimum atomic E-state index is -0.217. The largest absolute Gasteiger partial charge is 0.397 e. The lowest BCUT2D eigenvalue weighted by Crippen LogP contribution is -2.45. The van der Waals surface area contributed by atoms with Gasteiger partial charge >= 0.3 is 6.03 Å². The molecule has 1 aliphatic carbocycles. The zero-order chi connectivity index (χ0) is 21.3. The smallest absolute Gasteiger partial charge is 0.317 e. The van der Waals surface area contributed by atoms with Gasteiger partial charge in [0, 0.05) is 31.2 Å². The van der Waals surface area contributed by atoms with E-state index in [-0.39, 0.29) is 18.0 Å². The highest BCUT2D eigenvalue weighted by Gasteiger charge is 2.21. The van der Waals surface area contributed by atoms with Crippen molar-refractivity contribution in [2.75, 3.05) is 31.2 Å². The van der Waals surface area contributed by atoms with E-state index >= 15 is 0 Å². The molecule has 0 atom stereocenters. The van der Waals surface area contributed by atoms with Crippen LogP contribution in [0.3, 0.4) is 0 Å². The molecular weight excluding hydrogens is 378 g/mol. The topological polar surface area (TPSA) is 99.5 Å². The third kappa shape index (κ3) is 5.97. The highest BCUT2D eigenvalue weighted by atomic mass is 16.2. The van der Waals surface area contributed by atoms with Crippen molar-refractivity contribution in [3.8, 4) is 0 Å². The van der Waals surface area contributed by atoms with Crippen LogP contribution in [0.1, 0.15) is 41.6 Å². The third-order valence-electron chi connectivity index (χ3n) is 5.40. The zero-order valence-electron chi connectivity index (χ0n) is 17.5. The number of hydrogen-bond donors (Lipinski definition) is 4. The van der Waals surface area contributed by atoms with E-state index in [0.717, 1.165) is 24.9 Å². The molecule has 2 aromatic carbocycles. The van der Waals surface area contributed by atoms with E-state index < -0.39 is 0 Å². The molecule has 5 N–H and O–H groups in total. The molecule has 3 amide bonds. The molecule has 0 unspecified atom stereocenters. The Morgan fingerprint density at radius 2 is 1.77 bits per heavy atom. The van der Waals surface area contributed by atoms with Crippen molar-refractivity contribution in [1.29, 1.82) is 0 Å². The van der Waals surface area contributed by atoms with Crippen LogP contribution in [-0.2, 0) is 6.54 Å². The number of carbonyl (C=O) groups excluding carboxylic acids is 2. The number of nitrogens with two attached hydrogens (primary N) is 1. The fourth-order valence-electron chi connectivity index (χ4n) is 3.62. The minimum Gasteiger partial charge on any atom is -0.397 e. The quantitative estimate of drug-likeness (QED) is 0.503. The Morgan fingerprint density at radius 1 is 1.07 bits per heavy atom. The van der Waals surface area contributed by atoms with Crippen LogP contribution in [0.15, 0.2) is 48.5 Å². The van der Waals surface area contributed by atoms with Crippen molar-refractivity contribution in [3.05, 3.63) is 59.7 Å². The number of benzene rings is 2. The van der Waals surface area contributed by atoms with Crippen LogP contribution in [0.2, 0.25) is 0 Å². The molecule has 2 aromatic rings. The molecule has 0 radical (unpaired) electrons. The van der Waals surface area contributed by atoms with Crippen LogP contribution in [0.5, 0.6) is 0 Å². The number of hydrogen-bond acceptors (Lipinski definition) is 4. The molecule has 7 nitrogen and oxygen atoms in total. The molecule has 0 spiro atoms. The van der Waals surface area contributed by atoms with Gasteiger partial charge in [0.25, 0.3) is 5.91 Å². The number of para-hydroxylation sites is 2. The monoisotopic (exact) mass is 409 g/mol. The van der Waals surface area contributed by atoms with Crippen LogP contribution in [0.4, 0.5) is 16.2 Å². The van der Waals surface area contributed by atoms with Crippen molar-refractivity contribution < 1.29 is 9.59 Å². The van der Waals surface area contributed by atoms with E-state index in [1.54, 1.807) is 24.3 Å². The summed E-state index contributed by atoms with van der Waals surface area (Å²) < 4.78 is 0. The number of nitrogens with one attached hydrogen (secondary N) is 3. The van der Waals surface area contributed by atoms with Gasteiger partial charge in [-0.2, -0.15) is 0 Å². The molecule has 0 aromatic heterocycles. The summed E-state index contributed by atoms with van der Waals surface area (Å²) in [7, 11) is 1.87. The molecule has 0 heterocycles. The van der Waals surface area contributed by atoms with Gasteiger partial charge in [-0.05, 0) is 49.7 Å². The maximum atomic E-state index is 12.7. The van der Waals surface area contributed by atoms with Crippen LogP contribution in [0, 0.1) is 0 Å². The van der Waals surface area contributed by atoms with Gasteiger partial charge in [-0.25, -0.2) is 4.79 Å². The Hall–Kier alpha value is -3.06. The summed E-state index contributed by atoms with van der Waals surface area (Å²) in [5.41, 5.74) is 8.52. The average molecular weight is 410 g/mol. The average Bonchev–Trinajstić information content (AvgIpc) is 3.26. The van der Waals surface area contributed by atoms with E-state index in [0.29, 0.717) is 30.0 Å². The highest BCUT2D eigenvalue weighted by molar-refractivity contribution is 6.05. The van der Waals surface area contributed by atoms with Crippen molar-refractivity contribution in [2.24, 2.45) is 0 Å². The Labute approximate surface area is 178 Å². The van der Waals surface area contributed by atoms with Gasteiger partial charge in [0.15, 0.2) is 0 Å². The summed E-state index contributed by atoms with van der Waals surface area (Å²) in [5.74, 6) is -0.217. The van der Waals surface area contributed by atoms with Crippen LogP contribution >= 0.6 is 0 Å². The Bertz CT molecular complexity index is 847. The predicted molar refractivity (Wildman–Crippen MR) is 120 cm³/mol. The van der Waals surface area contributed by atoms with E-state index in [1.807, 2.05) is 36.2 Å². The van der Waals surface area contributed by atoms with Gasteiger partial charge < -0.3 is 26.6 Å². The highest BCUT2D eigenvalue weighted by Crippen LogP contribution is 2.19. The number of rotatable bonds is 8. The molecule has 30 heavy (non-hydrogen) atoms. The first-order valence-corrected chi connectivity index (χ1v) is 10.5. The first kappa shape index (κ1) is 21.6. The summed E-state index contributed by atoms with van der Waals surface area (Å²) >= 11 is 0. The fourth-order valence-corrected chi connectivity index (χ4v) is 3.62. The summed E-state index contributed by atoms with van der Waals surface area (Å²) in [6, 6.07) is 14.7. The van der Waals surface area contributed by atoms with Gasteiger partial charge in [0.1, 0.15) is 0 Å². The number of amides is 3. The lowest BCUT2D eigenvalue weighted by atomic mass is 10.1. The van der Waals surface area contributed by atoms with E-state index in [9.17, 15) is 9.59 Å². The fraction of sp³-hybridized carbons (Fsp3) is 0.391. The molecule has 0 bridgehead atoms. The molecule has 1 saturated carbocycles. The van der Waals surface area contributed by atoms with Crippen molar-refractivity contribution >= 4 is 23.3 Å². The SMILES string of the molecule is CNCCN(Cc1ccc(C(=O)Nc2ccccc2N)cc1)C(=O)NC1CCCC1. The standard InChI is InChI=1S/C23H31N5O2/c1-25-14-15-28(23(30)26-19-6-2-3-7-19)16-17-10-12-18(13-11-17)22(29)27-21-9-5-4-8-20(21)24/h4-5,8-13,19,25H,2-3,6-7,14-16,24H2,1H3,(H,26,30)(H,27,29). The summed E-state index contributed by atoms with van der Waals surface area (Å²) in [5, 5.41) is 9.08. The number of nitrogens with zero attached hydrogens (tertiary/aromatic N) is 1. The Balaban J connectivity index is 1.61. The van der Waals surface area contributed by atoms with Gasteiger partial charge in [-0.15, -0.1) is 0 Å². The number of urea groups is 1. The van der Waals surface area contributed by atoms with Crippen molar-refractivity contribution in [1.82, 2.24) is 15.5 Å². The van der Waals surface area contributed by atoms with E-state index in [2.05, 4.69) is 16.0 Å². The molecule has 0 saturated heterocycles. The van der Waals surface area contributed by atoms with Gasteiger partial charge in [0.2, 0.25) is 0 Å². The minimum absolute atomic E-state index is 0.0291. The molecule has 0 aliphatic heterocycles. The second kappa shape index (κ2) is 10.6. The second-order valence-electron chi connectivity index (χ2n) is 7.69. The second-order valence-corrected chi connectivity index (χ2v) is 7.69. The maximum absolute atomic E-state index is 12.7. The lowest BCUT2D eigenvalue weighted by Gasteiger charge is -2.25. The van der Waals surface area contributed by atoms with Gasteiger partial charge in [-0.1, -0.05) is 37.1 Å². The molecule has 1 aliphatic rings. The van der Waals surface area contributed by atoms with Crippen LogP contribution < -0.4 is 21.7 Å². The Kier molecular flexibility index (Phi) is 7.68. The number of carbonyl (C=O) groups is 2. The molecule has 3 rings (SSSR count). The van der Waals surface area contributed by atoms with Crippen molar-refractivity contribution in [2.45, 2.75) is 38.3 Å². The third-order valence-corrected chi connectivity index (χ3v) is 5.40. The molecule has 7 heteroatoms. The van der Waals surface area contributed by atoms with Crippen LogP contribution in [-0.4, -0.2) is 43.0 Å². The zero-order valence-corrected chi connectivity index (χ0v) is 17.5. The summed E-state index contributed by atoms with van der Waals surface area (Å²) in [6.45, 7) is 1.83. The first-order valence-electron chi connectivity index (χ1n) is 10.5. The van der Waals surface area contributed by atoms with E-state index in [4.69, 9.17) is 5.73 Å². The summed E-state index contributed by atoms with van der Waals surface area (Å²) in [6.07, 6.45) is 4.47. The molecular formula is C23H31N5O2. The van der Waals surface area contributed by atoms with Gasteiger partial charge in [-0.3, -0.25) is 4.79 Å². The molecule has 1 fully saturated rings.